The molecule has 0 bridgehead atoms. The van der Waals surface area contributed by atoms with E-state index in [1.54, 1.807) is 39.0 Å². The van der Waals surface area contributed by atoms with Crippen molar-refractivity contribution in [1.82, 2.24) is 15.5 Å². The first-order valence-electron chi connectivity index (χ1n) is 11.4. The second-order valence-electron chi connectivity index (χ2n) is 9.36. The van der Waals surface area contributed by atoms with Crippen molar-refractivity contribution in [3.05, 3.63) is 29.3 Å². The lowest BCUT2D eigenvalue weighted by atomic mass is 9.97. The Morgan fingerprint density at radius 3 is 2.50 bits per heavy atom. The highest BCUT2D eigenvalue weighted by molar-refractivity contribution is 5.96. The number of carbonyl (C=O) groups excluding carboxylic acids is 4. The number of ether oxygens (including phenoxy) is 2. The topological polar surface area (TPSA) is 126 Å². The van der Waals surface area contributed by atoms with Crippen molar-refractivity contribution < 1.29 is 28.7 Å². The van der Waals surface area contributed by atoms with Gasteiger partial charge in [0.05, 0.1) is 25.1 Å². The number of aryl methyl sites for hydroxylation is 1. The third kappa shape index (κ3) is 9.01. The van der Waals surface area contributed by atoms with E-state index >= 15 is 0 Å². The summed E-state index contributed by atoms with van der Waals surface area (Å²) < 4.78 is 9.89. The smallest absolute Gasteiger partial charge is 0.407 e. The number of nitrogens with one attached hydrogen (secondary N) is 3. The normalized spacial score (nSPS) is 16.3. The standard InChI is InChI=1S/C24H36N4O6/c1-16-8-9-17(22(31)33-5)13-19(16)27-20(29)15-28-12-6-7-18(14-28)21(30)25-10-11-26-23(32)34-24(2,3)4/h8-9,13,18H,6-7,10-12,14-15H2,1-5H3,(H,25,30)(H,26,32)(H,27,29). The van der Waals surface area contributed by atoms with Gasteiger partial charge in [-0.05, 0) is 64.8 Å². The highest BCUT2D eigenvalue weighted by atomic mass is 16.6. The predicted octanol–water partition coefficient (Wildman–Crippen LogP) is 2.07. The van der Waals surface area contributed by atoms with Crippen LogP contribution in [0.2, 0.25) is 0 Å². The molecule has 0 saturated carbocycles. The molecule has 188 valence electrons. The van der Waals surface area contributed by atoms with Gasteiger partial charge in [0.2, 0.25) is 11.8 Å². The number of esters is 1. The number of anilines is 1. The molecule has 34 heavy (non-hydrogen) atoms. The monoisotopic (exact) mass is 476 g/mol. The van der Waals surface area contributed by atoms with E-state index in [4.69, 9.17) is 9.47 Å². The molecule has 0 radical (unpaired) electrons. The Labute approximate surface area is 200 Å². The second-order valence-corrected chi connectivity index (χ2v) is 9.36. The molecule has 1 aromatic rings. The summed E-state index contributed by atoms with van der Waals surface area (Å²) in [4.78, 5) is 50.5. The number of likely N-dealkylation sites (tertiary alicyclic amines) is 1. The lowest BCUT2D eigenvalue weighted by Crippen LogP contribution is -2.46. The number of carbonyl (C=O) groups is 4. The van der Waals surface area contributed by atoms with Gasteiger partial charge in [-0.15, -0.1) is 0 Å². The molecular formula is C24H36N4O6. The van der Waals surface area contributed by atoms with Crippen LogP contribution in [0.4, 0.5) is 10.5 Å². The Kier molecular flexibility index (Phi) is 9.85. The van der Waals surface area contributed by atoms with Gasteiger partial charge in [-0.1, -0.05) is 6.07 Å². The quantitative estimate of drug-likeness (QED) is 0.387. The number of hydrogen-bond donors (Lipinski definition) is 3. The molecule has 1 aliphatic heterocycles. The Balaban J connectivity index is 1.79. The van der Waals surface area contributed by atoms with Crippen molar-refractivity contribution in [3.8, 4) is 0 Å². The Morgan fingerprint density at radius 1 is 1.12 bits per heavy atom. The van der Waals surface area contributed by atoms with Gasteiger partial charge < -0.3 is 25.4 Å². The van der Waals surface area contributed by atoms with Crippen LogP contribution < -0.4 is 16.0 Å². The third-order valence-corrected chi connectivity index (χ3v) is 5.27. The molecule has 3 amide bonds. The largest absolute Gasteiger partial charge is 0.465 e. The molecule has 2 rings (SSSR count). The van der Waals surface area contributed by atoms with E-state index < -0.39 is 17.7 Å². The number of hydrogen-bond acceptors (Lipinski definition) is 7. The van der Waals surface area contributed by atoms with Crippen LogP contribution in [0.5, 0.6) is 0 Å². The Hall–Kier alpha value is -3.14. The lowest BCUT2D eigenvalue weighted by Gasteiger charge is -2.31. The molecule has 1 unspecified atom stereocenters. The maximum atomic E-state index is 12.6. The minimum absolute atomic E-state index is 0.0993. The molecule has 10 heteroatoms. The van der Waals surface area contributed by atoms with Gasteiger partial charge in [0, 0.05) is 25.3 Å². The molecule has 1 aromatic carbocycles. The number of benzene rings is 1. The molecule has 0 aromatic heterocycles. The molecule has 10 nitrogen and oxygen atoms in total. The van der Waals surface area contributed by atoms with E-state index in [-0.39, 0.29) is 30.8 Å². The van der Waals surface area contributed by atoms with Crippen molar-refractivity contribution >= 4 is 29.6 Å². The van der Waals surface area contributed by atoms with Crippen molar-refractivity contribution in [2.24, 2.45) is 5.92 Å². The third-order valence-electron chi connectivity index (χ3n) is 5.27. The first-order valence-corrected chi connectivity index (χ1v) is 11.4. The number of amides is 3. The molecular weight excluding hydrogens is 440 g/mol. The zero-order chi connectivity index (χ0) is 25.3. The molecule has 0 spiro atoms. The van der Waals surface area contributed by atoms with Crippen molar-refractivity contribution in [1.29, 1.82) is 0 Å². The second kappa shape index (κ2) is 12.4. The zero-order valence-corrected chi connectivity index (χ0v) is 20.7. The van der Waals surface area contributed by atoms with Crippen LogP contribution in [0.25, 0.3) is 0 Å². The summed E-state index contributed by atoms with van der Waals surface area (Å²) in [7, 11) is 1.31. The summed E-state index contributed by atoms with van der Waals surface area (Å²) in [5.41, 5.74) is 1.17. The van der Waals surface area contributed by atoms with Crippen molar-refractivity contribution in [2.45, 2.75) is 46.1 Å². The average molecular weight is 477 g/mol. The van der Waals surface area contributed by atoms with Crippen LogP contribution >= 0.6 is 0 Å². The van der Waals surface area contributed by atoms with Gasteiger partial charge in [-0.25, -0.2) is 9.59 Å². The molecule has 1 aliphatic rings. The summed E-state index contributed by atoms with van der Waals surface area (Å²) in [6.07, 6.45) is 1.02. The fourth-order valence-corrected chi connectivity index (χ4v) is 3.62. The molecule has 1 heterocycles. The van der Waals surface area contributed by atoms with Gasteiger partial charge >= 0.3 is 12.1 Å². The minimum atomic E-state index is -0.575. The van der Waals surface area contributed by atoms with Crippen LogP contribution in [-0.4, -0.2) is 74.2 Å². The van der Waals surface area contributed by atoms with Gasteiger partial charge in [-0.3, -0.25) is 14.5 Å². The maximum absolute atomic E-state index is 12.6. The van der Waals surface area contributed by atoms with Crippen LogP contribution in [0.1, 0.15) is 49.5 Å². The van der Waals surface area contributed by atoms with Crippen LogP contribution in [0, 0.1) is 12.8 Å². The maximum Gasteiger partial charge on any atom is 0.407 e. The number of methoxy groups -OCH3 is 1. The van der Waals surface area contributed by atoms with E-state index in [0.717, 1.165) is 24.9 Å². The molecule has 1 saturated heterocycles. The fourth-order valence-electron chi connectivity index (χ4n) is 3.62. The number of alkyl carbamates (subject to hydrolysis) is 1. The highest BCUT2D eigenvalue weighted by Crippen LogP contribution is 2.19. The predicted molar refractivity (Wildman–Crippen MR) is 128 cm³/mol. The van der Waals surface area contributed by atoms with Crippen LogP contribution in [0.3, 0.4) is 0 Å². The van der Waals surface area contributed by atoms with Crippen molar-refractivity contribution in [2.75, 3.05) is 45.2 Å². The molecule has 1 fully saturated rings. The highest BCUT2D eigenvalue weighted by Gasteiger charge is 2.27. The molecule has 1 atom stereocenters. The van der Waals surface area contributed by atoms with E-state index in [1.807, 2.05) is 11.8 Å². The van der Waals surface area contributed by atoms with Crippen LogP contribution in [0.15, 0.2) is 18.2 Å². The first-order chi connectivity index (χ1) is 16.0. The number of piperidine rings is 1. The van der Waals surface area contributed by atoms with Gasteiger partial charge in [-0.2, -0.15) is 0 Å². The fraction of sp³-hybridized carbons (Fsp3) is 0.583. The SMILES string of the molecule is COC(=O)c1ccc(C)c(NC(=O)CN2CCCC(C(=O)NCCNC(=O)OC(C)(C)C)C2)c1. The molecule has 3 N–H and O–H groups in total. The summed E-state index contributed by atoms with van der Waals surface area (Å²) in [6, 6.07) is 4.99. The van der Waals surface area contributed by atoms with Gasteiger partial charge in [0.25, 0.3) is 0 Å². The van der Waals surface area contributed by atoms with E-state index in [1.165, 1.54) is 7.11 Å². The summed E-state index contributed by atoms with van der Waals surface area (Å²) in [6.45, 7) is 9.09. The summed E-state index contributed by atoms with van der Waals surface area (Å²) in [5, 5.41) is 8.29. The number of rotatable bonds is 8. The molecule has 0 aliphatic carbocycles. The van der Waals surface area contributed by atoms with E-state index in [2.05, 4.69) is 16.0 Å². The van der Waals surface area contributed by atoms with Crippen LogP contribution in [-0.2, 0) is 19.1 Å². The number of nitrogens with zero attached hydrogens (tertiary/aromatic N) is 1. The summed E-state index contributed by atoms with van der Waals surface area (Å²) in [5.74, 6) is -1.01. The lowest BCUT2D eigenvalue weighted by molar-refractivity contribution is -0.127. The summed E-state index contributed by atoms with van der Waals surface area (Å²) >= 11 is 0. The van der Waals surface area contributed by atoms with Gasteiger partial charge in [0.15, 0.2) is 0 Å². The van der Waals surface area contributed by atoms with Gasteiger partial charge in [0.1, 0.15) is 5.60 Å². The Morgan fingerprint density at radius 2 is 1.82 bits per heavy atom. The minimum Gasteiger partial charge on any atom is -0.465 e. The Bertz CT molecular complexity index is 896. The van der Waals surface area contributed by atoms with Crippen molar-refractivity contribution in [3.63, 3.8) is 0 Å². The van der Waals surface area contributed by atoms with E-state index in [9.17, 15) is 19.2 Å². The first kappa shape index (κ1) is 27.1. The average Bonchev–Trinajstić information content (AvgIpc) is 2.76. The zero-order valence-electron chi connectivity index (χ0n) is 20.7. The van der Waals surface area contributed by atoms with E-state index in [0.29, 0.717) is 24.3 Å².